The number of likely N-dealkylation sites (tertiary alicyclic amines) is 2. The average molecular weight is 483 g/mol. The maximum atomic E-state index is 12.6. The number of nitro benzene ring substituents is 1. The van der Waals surface area contributed by atoms with Gasteiger partial charge in [-0.15, -0.1) is 0 Å². The van der Waals surface area contributed by atoms with Gasteiger partial charge in [0, 0.05) is 31.7 Å². The molecule has 0 aromatic heterocycles. The van der Waals surface area contributed by atoms with Gasteiger partial charge in [-0.25, -0.2) is 4.79 Å². The Morgan fingerprint density at radius 3 is 2.58 bits per heavy atom. The van der Waals surface area contributed by atoms with Crippen LogP contribution in [0.5, 0.6) is 5.75 Å². The molecule has 2 saturated heterocycles. The van der Waals surface area contributed by atoms with Crippen LogP contribution < -0.4 is 10.1 Å². The molecule has 3 rings (SSSR count). The second kappa shape index (κ2) is 11.2. The molecule has 0 bridgehead atoms. The molecule has 1 amide bonds. The van der Waals surface area contributed by atoms with E-state index in [4.69, 9.17) is 21.1 Å². The number of hydrogen-bond donors (Lipinski definition) is 1. The van der Waals surface area contributed by atoms with Crippen LogP contribution in [0.3, 0.4) is 0 Å². The summed E-state index contributed by atoms with van der Waals surface area (Å²) in [5, 5.41) is 15.1. The van der Waals surface area contributed by atoms with Crippen molar-refractivity contribution in [3.63, 3.8) is 0 Å². The Bertz CT molecular complexity index is 839. The molecule has 2 heterocycles. The molecule has 10 heteroatoms. The number of nitro groups is 1. The van der Waals surface area contributed by atoms with E-state index < -0.39 is 10.5 Å². The van der Waals surface area contributed by atoms with Gasteiger partial charge in [-0.2, -0.15) is 0 Å². The Balaban J connectivity index is 1.72. The quantitative estimate of drug-likeness (QED) is 0.435. The van der Waals surface area contributed by atoms with E-state index in [1.54, 1.807) is 11.0 Å². The number of halogens is 1. The van der Waals surface area contributed by atoms with Gasteiger partial charge in [-0.3, -0.25) is 15.0 Å². The van der Waals surface area contributed by atoms with E-state index in [2.05, 4.69) is 10.2 Å². The number of benzene rings is 1. The van der Waals surface area contributed by atoms with Gasteiger partial charge < -0.3 is 19.7 Å². The molecule has 2 fully saturated rings. The first-order valence-corrected chi connectivity index (χ1v) is 12.1. The number of ether oxygens (including phenoxy) is 2. The molecule has 9 nitrogen and oxygen atoms in total. The van der Waals surface area contributed by atoms with Gasteiger partial charge in [-0.1, -0.05) is 11.6 Å². The van der Waals surface area contributed by atoms with Crippen molar-refractivity contribution >= 4 is 29.1 Å². The third kappa shape index (κ3) is 7.37. The van der Waals surface area contributed by atoms with Crippen molar-refractivity contribution in [1.29, 1.82) is 0 Å². The van der Waals surface area contributed by atoms with Crippen LogP contribution in [0.15, 0.2) is 12.1 Å². The number of hydrogen-bond acceptors (Lipinski definition) is 7. The minimum Gasteiger partial charge on any atom is -0.491 e. The van der Waals surface area contributed by atoms with Crippen LogP contribution in [-0.4, -0.2) is 71.8 Å². The van der Waals surface area contributed by atoms with Crippen molar-refractivity contribution < 1.29 is 19.2 Å². The highest BCUT2D eigenvalue weighted by Gasteiger charge is 2.29. The molecular weight excluding hydrogens is 448 g/mol. The van der Waals surface area contributed by atoms with E-state index in [0.29, 0.717) is 25.4 Å². The molecule has 1 aromatic rings. The predicted octanol–water partition coefficient (Wildman–Crippen LogP) is 4.92. The smallest absolute Gasteiger partial charge is 0.410 e. The van der Waals surface area contributed by atoms with Crippen molar-refractivity contribution in [3.05, 3.63) is 27.3 Å². The van der Waals surface area contributed by atoms with Crippen LogP contribution in [0.25, 0.3) is 0 Å². The van der Waals surface area contributed by atoms with Gasteiger partial charge in [0.1, 0.15) is 28.7 Å². The molecule has 0 spiro atoms. The summed E-state index contributed by atoms with van der Waals surface area (Å²) in [7, 11) is 0. The number of carbonyl (C=O) groups is 1. The largest absolute Gasteiger partial charge is 0.491 e. The SMILES string of the molecule is CC(C)(C)OC(=O)N1CCCCC(Nc2c([N+](=O)[O-])ccc(OCCN3CCCC3)c2Cl)C1. The van der Waals surface area contributed by atoms with Crippen LogP contribution in [0.2, 0.25) is 5.02 Å². The molecule has 0 aliphatic carbocycles. The van der Waals surface area contributed by atoms with Gasteiger partial charge in [-0.05, 0) is 72.0 Å². The topological polar surface area (TPSA) is 97.2 Å². The van der Waals surface area contributed by atoms with E-state index in [0.717, 1.165) is 38.9 Å². The second-order valence-electron chi connectivity index (χ2n) is 9.69. The minimum atomic E-state index is -0.588. The normalized spacial score (nSPS) is 19.8. The fraction of sp³-hybridized carbons (Fsp3) is 0.696. The van der Waals surface area contributed by atoms with E-state index >= 15 is 0 Å². The summed E-state index contributed by atoms with van der Waals surface area (Å²) in [4.78, 5) is 27.8. The van der Waals surface area contributed by atoms with Gasteiger partial charge in [0.25, 0.3) is 5.69 Å². The third-order valence-electron chi connectivity index (χ3n) is 5.82. The lowest BCUT2D eigenvalue weighted by atomic mass is 10.1. The zero-order chi connectivity index (χ0) is 24.0. The van der Waals surface area contributed by atoms with Gasteiger partial charge in [0.05, 0.1) is 4.92 Å². The van der Waals surface area contributed by atoms with Crippen LogP contribution in [0, 0.1) is 10.1 Å². The van der Waals surface area contributed by atoms with Crippen LogP contribution in [-0.2, 0) is 4.74 Å². The van der Waals surface area contributed by atoms with E-state index in [1.807, 2.05) is 20.8 Å². The first-order chi connectivity index (χ1) is 15.6. The standard InChI is InChI=1S/C23H35ClN4O5/c1-23(2,3)33-22(29)27-13-5-4-8-17(16-27)25-21-18(28(30)31)9-10-19(20(21)24)32-15-14-26-11-6-7-12-26/h9-10,17,25H,4-8,11-16H2,1-3H3. The molecule has 2 aliphatic heterocycles. The van der Waals surface area contributed by atoms with Crippen molar-refractivity contribution in [2.75, 3.05) is 44.6 Å². The fourth-order valence-corrected chi connectivity index (χ4v) is 4.46. The summed E-state index contributed by atoms with van der Waals surface area (Å²) in [6.45, 7) is 9.85. The van der Waals surface area contributed by atoms with E-state index in [9.17, 15) is 14.9 Å². The first kappa shape index (κ1) is 25.4. The molecule has 33 heavy (non-hydrogen) atoms. The molecule has 184 valence electrons. The Morgan fingerprint density at radius 2 is 1.91 bits per heavy atom. The number of nitrogens with zero attached hydrogens (tertiary/aromatic N) is 3. The average Bonchev–Trinajstić information content (AvgIpc) is 3.13. The Morgan fingerprint density at radius 1 is 1.21 bits per heavy atom. The Labute approximate surface area is 200 Å². The summed E-state index contributed by atoms with van der Waals surface area (Å²) < 4.78 is 11.4. The van der Waals surface area contributed by atoms with Crippen molar-refractivity contribution in [2.45, 2.75) is 64.5 Å². The molecular formula is C23H35ClN4O5. The third-order valence-corrected chi connectivity index (χ3v) is 6.19. The molecule has 1 aromatic carbocycles. The molecule has 1 N–H and O–H groups in total. The van der Waals surface area contributed by atoms with Crippen molar-refractivity contribution in [2.24, 2.45) is 0 Å². The van der Waals surface area contributed by atoms with Crippen molar-refractivity contribution in [3.8, 4) is 5.75 Å². The summed E-state index contributed by atoms with van der Waals surface area (Å²) in [6, 6.07) is 2.77. The number of rotatable bonds is 7. The lowest BCUT2D eigenvalue weighted by molar-refractivity contribution is -0.384. The van der Waals surface area contributed by atoms with Crippen LogP contribution >= 0.6 is 11.6 Å². The zero-order valence-electron chi connectivity index (χ0n) is 19.8. The lowest BCUT2D eigenvalue weighted by Gasteiger charge is -2.29. The molecule has 0 saturated carbocycles. The Hall–Kier alpha value is -2.26. The number of anilines is 1. The fourth-order valence-electron chi connectivity index (χ4n) is 4.19. The minimum absolute atomic E-state index is 0.111. The summed E-state index contributed by atoms with van der Waals surface area (Å²) >= 11 is 6.59. The van der Waals surface area contributed by atoms with Gasteiger partial charge in [0.2, 0.25) is 0 Å². The zero-order valence-corrected chi connectivity index (χ0v) is 20.5. The second-order valence-corrected chi connectivity index (χ2v) is 10.1. The molecule has 2 aliphatic rings. The highest BCUT2D eigenvalue weighted by Crippen LogP contribution is 2.40. The summed E-state index contributed by atoms with van der Waals surface area (Å²) in [5.41, 5.74) is -0.467. The first-order valence-electron chi connectivity index (χ1n) is 11.7. The maximum Gasteiger partial charge on any atom is 0.410 e. The highest BCUT2D eigenvalue weighted by atomic mass is 35.5. The van der Waals surface area contributed by atoms with Crippen LogP contribution in [0.1, 0.15) is 52.9 Å². The summed E-state index contributed by atoms with van der Waals surface area (Å²) in [6.07, 6.45) is 4.51. The van der Waals surface area contributed by atoms with E-state index in [1.165, 1.54) is 18.9 Å². The van der Waals surface area contributed by atoms with Gasteiger partial charge in [0.15, 0.2) is 0 Å². The van der Waals surface area contributed by atoms with Gasteiger partial charge >= 0.3 is 6.09 Å². The highest BCUT2D eigenvalue weighted by molar-refractivity contribution is 6.35. The number of amides is 1. The monoisotopic (exact) mass is 482 g/mol. The Kier molecular flexibility index (Phi) is 8.64. The van der Waals surface area contributed by atoms with Crippen molar-refractivity contribution in [1.82, 2.24) is 9.80 Å². The number of carbonyl (C=O) groups excluding carboxylic acids is 1. The molecule has 1 atom stereocenters. The van der Waals surface area contributed by atoms with Crippen LogP contribution in [0.4, 0.5) is 16.2 Å². The molecule has 0 radical (unpaired) electrons. The maximum absolute atomic E-state index is 12.6. The lowest BCUT2D eigenvalue weighted by Crippen LogP contribution is -2.42. The van der Waals surface area contributed by atoms with E-state index in [-0.39, 0.29) is 28.5 Å². The molecule has 1 unspecified atom stereocenters. The summed E-state index contributed by atoms with van der Waals surface area (Å²) in [5.74, 6) is 0.418. The number of nitrogens with one attached hydrogen (secondary N) is 1. The predicted molar refractivity (Wildman–Crippen MR) is 128 cm³/mol.